The predicted molar refractivity (Wildman–Crippen MR) is 76.5 cm³/mol. The Hall–Kier alpha value is -1.74. The second-order valence-electron chi connectivity index (χ2n) is 4.29. The van der Waals surface area contributed by atoms with Crippen LogP contribution in [0.25, 0.3) is 0 Å². The van der Waals surface area contributed by atoms with E-state index in [1.54, 1.807) is 20.1 Å². The fourth-order valence-electron chi connectivity index (χ4n) is 1.73. The van der Waals surface area contributed by atoms with Crippen LogP contribution in [0, 0.1) is 12.7 Å². The zero-order valence-electron chi connectivity index (χ0n) is 10.8. The molecule has 0 aliphatic heterocycles. The molecule has 0 bridgehead atoms. The van der Waals surface area contributed by atoms with Crippen molar-refractivity contribution in [2.24, 2.45) is 0 Å². The normalized spacial score (nSPS) is 10.3. The fourth-order valence-corrected chi connectivity index (χ4v) is 2.01. The SMILES string of the molecule is COc1ccc(CNc2ccc(C)c(F)c2)cc1Cl. The molecule has 0 saturated carbocycles. The Kier molecular flexibility index (Phi) is 4.27. The monoisotopic (exact) mass is 279 g/mol. The third-order valence-corrected chi connectivity index (χ3v) is 3.18. The highest BCUT2D eigenvalue weighted by atomic mass is 35.5. The number of halogens is 2. The van der Waals surface area contributed by atoms with Crippen molar-refractivity contribution in [3.8, 4) is 5.75 Å². The molecule has 0 aromatic heterocycles. The van der Waals surface area contributed by atoms with Gasteiger partial charge in [0.25, 0.3) is 0 Å². The lowest BCUT2D eigenvalue weighted by atomic mass is 10.2. The van der Waals surface area contributed by atoms with Crippen molar-refractivity contribution in [3.05, 3.63) is 58.4 Å². The standard InChI is InChI=1S/C15H15ClFNO/c1-10-3-5-12(8-14(10)17)18-9-11-4-6-15(19-2)13(16)7-11/h3-8,18H,9H2,1-2H3. The van der Waals surface area contributed by atoms with E-state index in [9.17, 15) is 4.39 Å². The van der Waals surface area contributed by atoms with E-state index < -0.39 is 0 Å². The summed E-state index contributed by atoms with van der Waals surface area (Å²) in [5.74, 6) is 0.435. The zero-order valence-corrected chi connectivity index (χ0v) is 11.6. The zero-order chi connectivity index (χ0) is 13.8. The van der Waals surface area contributed by atoms with Crippen molar-refractivity contribution >= 4 is 17.3 Å². The highest BCUT2D eigenvalue weighted by molar-refractivity contribution is 6.32. The van der Waals surface area contributed by atoms with Crippen LogP contribution in [0.3, 0.4) is 0 Å². The van der Waals surface area contributed by atoms with Crippen LogP contribution < -0.4 is 10.1 Å². The topological polar surface area (TPSA) is 21.3 Å². The van der Waals surface area contributed by atoms with Crippen LogP contribution in [0.1, 0.15) is 11.1 Å². The Bertz CT molecular complexity index is 586. The molecule has 0 atom stereocenters. The van der Waals surface area contributed by atoms with E-state index in [1.807, 2.05) is 24.3 Å². The van der Waals surface area contributed by atoms with Crippen LogP contribution in [-0.2, 0) is 6.54 Å². The minimum Gasteiger partial charge on any atom is -0.495 e. The van der Waals surface area contributed by atoms with Crippen LogP contribution in [0.4, 0.5) is 10.1 Å². The average molecular weight is 280 g/mol. The van der Waals surface area contributed by atoms with E-state index in [-0.39, 0.29) is 5.82 Å². The molecular weight excluding hydrogens is 265 g/mol. The summed E-state index contributed by atoms with van der Waals surface area (Å²) in [6.45, 7) is 2.31. The van der Waals surface area contributed by atoms with Gasteiger partial charge in [-0.25, -0.2) is 4.39 Å². The van der Waals surface area contributed by atoms with Gasteiger partial charge in [-0.3, -0.25) is 0 Å². The third-order valence-electron chi connectivity index (χ3n) is 2.88. The highest BCUT2D eigenvalue weighted by Crippen LogP contribution is 2.25. The molecule has 0 saturated heterocycles. The first-order chi connectivity index (χ1) is 9.10. The van der Waals surface area contributed by atoms with Crippen molar-refractivity contribution in [1.29, 1.82) is 0 Å². The van der Waals surface area contributed by atoms with Crippen molar-refractivity contribution in [2.45, 2.75) is 13.5 Å². The van der Waals surface area contributed by atoms with Crippen LogP contribution in [-0.4, -0.2) is 7.11 Å². The molecule has 2 nitrogen and oxygen atoms in total. The Morgan fingerprint density at radius 1 is 1.21 bits per heavy atom. The number of rotatable bonds is 4. The van der Waals surface area contributed by atoms with Crippen molar-refractivity contribution < 1.29 is 9.13 Å². The summed E-state index contributed by atoms with van der Waals surface area (Å²) in [6.07, 6.45) is 0. The molecule has 0 amide bonds. The molecule has 2 rings (SSSR count). The largest absolute Gasteiger partial charge is 0.495 e. The van der Waals surface area contributed by atoms with E-state index in [0.29, 0.717) is 22.9 Å². The van der Waals surface area contributed by atoms with Gasteiger partial charge in [-0.15, -0.1) is 0 Å². The van der Waals surface area contributed by atoms with Gasteiger partial charge in [-0.2, -0.15) is 0 Å². The average Bonchev–Trinajstić information content (AvgIpc) is 2.40. The molecule has 0 aliphatic carbocycles. The molecular formula is C15H15ClFNO. The first-order valence-corrected chi connectivity index (χ1v) is 6.30. The van der Waals surface area contributed by atoms with Gasteiger partial charge in [0.2, 0.25) is 0 Å². The maximum Gasteiger partial charge on any atom is 0.137 e. The number of anilines is 1. The summed E-state index contributed by atoms with van der Waals surface area (Å²) in [6, 6.07) is 10.7. The molecule has 0 unspecified atom stereocenters. The van der Waals surface area contributed by atoms with Gasteiger partial charge in [0.1, 0.15) is 11.6 Å². The fraction of sp³-hybridized carbons (Fsp3) is 0.200. The third kappa shape index (κ3) is 3.38. The maximum absolute atomic E-state index is 13.4. The van der Waals surface area contributed by atoms with Gasteiger partial charge in [0.05, 0.1) is 12.1 Å². The molecule has 0 radical (unpaired) electrons. The molecule has 2 aromatic rings. The number of benzene rings is 2. The maximum atomic E-state index is 13.4. The summed E-state index contributed by atoms with van der Waals surface area (Å²) in [5, 5.41) is 3.72. The molecule has 0 fully saturated rings. The van der Waals surface area contributed by atoms with Crippen LogP contribution >= 0.6 is 11.6 Å². The molecule has 4 heteroatoms. The Morgan fingerprint density at radius 2 is 2.00 bits per heavy atom. The van der Waals surface area contributed by atoms with E-state index >= 15 is 0 Å². The quantitative estimate of drug-likeness (QED) is 0.895. The first kappa shape index (κ1) is 13.7. The van der Waals surface area contributed by atoms with E-state index in [0.717, 1.165) is 11.3 Å². The lowest BCUT2D eigenvalue weighted by Gasteiger charge is -2.09. The van der Waals surface area contributed by atoms with Crippen LogP contribution in [0.2, 0.25) is 5.02 Å². The second kappa shape index (κ2) is 5.93. The molecule has 19 heavy (non-hydrogen) atoms. The minimum atomic E-state index is -0.210. The lowest BCUT2D eigenvalue weighted by Crippen LogP contribution is -2.00. The summed E-state index contributed by atoms with van der Waals surface area (Å²) in [5.41, 5.74) is 2.39. The van der Waals surface area contributed by atoms with Crippen LogP contribution in [0.15, 0.2) is 36.4 Å². The number of nitrogens with one attached hydrogen (secondary N) is 1. The Balaban J connectivity index is 2.05. The number of hydrogen-bond donors (Lipinski definition) is 1. The highest BCUT2D eigenvalue weighted by Gasteiger charge is 2.03. The summed E-state index contributed by atoms with van der Waals surface area (Å²) >= 11 is 6.04. The number of ether oxygens (including phenoxy) is 1. The van der Waals surface area contributed by atoms with Crippen molar-refractivity contribution in [3.63, 3.8) is 0 Å². The van der Waals surface area contributed by atoms with Gasteiger partial charge in [-0.1, -0.05) is 23.7 Å². The van der Waals surface area contributed by atoms with Crippen molar-refractivity contribution in [1.82, 2.24) is 0 Å². The number of methoxy groups -OCH3 is 1. The number of hydrogen-bond acceptors (Lipinski definition) is 2. The molecule has 0 aliphatic rings. The van der Waals surface area contributed by atoms with E-state index in [2.05, 4.69) is 5.32 Å². The second-order valence-corrected chi connectivity index (χ2v) is 4.69. The molecule has 0 heterocycles. The van der Waals surface area contributed by atoms with Gasteiger partial charge < -0.3 is 10.1 Å². The summed E-state index contributed by atoms with van der Waals surface area (Å²) in [7, 11) is 1.58. The first-order valence-electron chi connectivity index (χ1n) is 5.92. The molecule has 100 valence electrons. The minimum absolute atomic E-state index is 0.210. The number of aryl methyl sites for hydroxylation is 1. The molecule has 2 aromatic carbocycles. The summed E-state index contributed by atoms with van der Waals surface area (Å²) in [4.78, 5) is 0. The van der Waals surface area contributed by atoms with Gasteiger partial charge >= 0.3 is 0 Å². The molecule has 0 spiro atoms. The lowest BCUT2D eigenvalue weighted by molar-refractivity contribution is 0.415. The van der Waals surface area contributed by atoms with Crippen molar-refractivity contribution in [2.75, 3.05) is 12.4 Å². The van der Waals surface area contributed by atoms with Gasteiger partial charge in [-0.05, 0) is 42.3 Å². The summed E-state index contributed by atoms with van der Waals surface area (Å²) < 4.78 is 18.5. The van der Waals surface area contributed by atoms with Crippen LogP contribution in [0.5, 0.6) is 5.75 Å². The van der Waals surface area contributed by atoms with Gasteiger partial charge in [0.15, 0.2) is 0 Å². The smallest absolute Gasteiger partial charge is 0.137 e. The van der Waals surface area contributed by atoms with Gasteiger partial charge in [0, 0.05) is 12.2 Å². The van der Waals surface area contributed by atoms with E-state index in [1.165, 1.54) is 6.07 Å². The Morgan fingerprint density at radius 3 is 2.63 bits per heavy atom. The predicted octanol–water partition coefficient (Wildman–Crippen LogP) is 4.41. The molecule has 1 N–H and O–H groups in total. The Labute approximate surface area is 117 Å². The van der Waals surface area contributed by atoms with E-state index in [4.69, 9.17) is 16.3 Å².